The van der Waals surface area contributed by atoms with Crippen LogP contribution in [0, 0.1) is 10.1 Å². The molecule has 1 aromatic carbocycles. The predicted octanol–water partition coefficient (Wildman–Crippen LogP) is 1.79. The van der Waals surface area contributed by atoms with Gasteiger partial charge in [0, 0.05) is 17.7 Å². The molecule has 0 fully saturated rings. The third-order valence-electron chi connectivity index (χ3n) is 2.23. The molecule has 92 valence electrons. The molecule has 6 heteroatoms. The van der Waals surface area contributed by atoms with Crippen LogP contribution in [0.5, 0.6) is 0 Å². The van der Waals surface area contributed by atoms with Gasteiger partial charge in [-0.3, -0.25) is 10.1 Å². The molecular weight excluding hydrogens is 224 g/mol. The highest BCUT2D eigenvalue weighted by Gasteiger charge is 2.19. The summed E-state index contributed by atoms with van der Waals surface area (Å²) in [4.78, 5) is 21.7. The standard InChI is InChI=1S/C11H14N2O4/c1-3-17-11(14)8-4-5-9(7(2)12)10(6-8)13(15)16/h4-7H,3,12H2,1-2H3. The molecule has 0 aliphatic rings. The van der Waals surface area contributed by atoms with Crippen molar-refractivity contribution in [2.24, 2.45) is 5.73 Å². The summed E-state index contributed by atoms with van der Waals surface area (Å²) in [6, 6.07) is 3.68. The van der Waals surface area contributed by atoms with Gasteiger partial charge in [0.25, 0.3) is 5.69 Å². The van der Waals surface area contributed by atoms with E-state index in [1.54, 1.807) is 13.8 Å². The van der Waals surface area contributed by atoms with Crippen LogP contribution in [-0.4, -0.2) is 17.5 Å². The van der Waals surface area contributed by atoms with Crippen LogP contribution in [0.4, 0.5) is 5.69 Å². The summed E-state index contributed by atoms with van der Waals surface area (Å²) < 4.78 is 4.77. The second kappa shape index (κ2) is 5.40. The maximum absolute atomic E-state index is 11.4. The lowest BCUT2D eigenvalue weighted by Gasteiger charge is -2.08. The summed E-state index contributed by atoms with van der Waals surface area (Å²) in [7, 11) is 0. The number of nitro groups is 1. The minimum Gasteiger partial charge on any atom is -0.462 e. The van der Waals surface area contributed by atoms with Crippen molar-refractivity contribution in [1.82, 2.24) is 0 Å². The first-order chi connectivity index (χ1) is 7.97. The Hall–Kier alpha value is -1.95. The Bertz CT molecular complexity index is 443. The normalized spacial score (nSPS) is 11.9. The molecule has 0 saturated heterocycles. The minimum atomic E-state index is -0.577. The van der Waals surface area contributed by atoms with E-state index in [9.17, 15) is 14.9 Å². The molecular formula is C11H14N2O4. The van der Waals surface area contributed by atoms with Crippen molar-refractivity contribution in [1.29, 1.82) is 0 Å². The van der Waals surface area contributed by atoms with E-state index < -0.39 is 16.9 Å². The van der Waals surface area contributed by atoms with Gasteiger partial charge in [0.2, 0.25) is 0 Å². The smallest absolute Gasteiger partial charge is 0.338 e. The first-order valence-corrected chi connectivity index (χ1v) is 5.18. The summed E-state index contributed by atoms with van der Waals surface area (Å²) in [5, 5.41) is 10.9. The van der Waals surface area contributed by atoms with Crippen LogP contribution in [0.2, 0.25) is 0 Å². The van der Waals surface area contributed by atoms with Crippen LogP contribution in [0.3, 0.4) is 0 Å². The van der Waals surface area contributed by atoms with Crippen molar-refractivity contribution < 1.29 is 14.5 Å². The third-order valence-corrected chi connectivity index (χ3v) is 2.23. The summed E-state index contributed by atoms with van der Waals surface area (Å²) in [5.41, 5.74) is 6.00. The van der Waals surface area contributed by atoms with Crippen molar-refractivity contribution in [3.8, 4) is 0 Å². The second-order valence-corrected chi connectivity index (χ2v) is 3.54. The van der Waals surface area contributed by atoms with Gasteiger partial charge in [-0.1, -0.05) is 0 Å². The van der Waals surface area contributed by atoms with E-state index in [0.29, 0.717) is 5.56 Å². The molecule has 17 heavy (non-hydrogen) atoms. The van der Waals surface area contributed by atoms with Crippen LogP contribution < -0.4 is 5.73 Å². The van der Waals surface area contributed by atoms with E-state index in [1.165, 1.54) is 18.2 Å². The third kappa shape index (κ3) is 3.01. The van der Waals surface area contributed by atoms with Gasteiger partial charge >= 0.3 is 5.97 Å². The zero-order valence-electron chi connectivity index (χ0n) is 9.67. The molecule has 0 aromatic heterocycles. The van der Waals surface area contributed by atoms with E-state index in [2.05, 4.69) is 0 Å². The average molecular weight is 238 g/mol. The number of rotatable bonds is 4. The number of carbonyl (C=O) groups excluding carboxylic acids is 1. The maximum atomic E-state index is 11.4. The van der Waals surface area contributed by atoms with Crippen LogP contribution in [0.1, 0.15) is 35.8 Å². The van der Waals surface area contributed by atoms with E-state index in [0.717, 1.165) is 0 Å². The lowest BCUT2D eigenvalue weighted by atomic mass is 10.0. The Kier molecular flexibility index (Phi) is 4.17. The first kappa shape index (κ1) is 13.1. The highest BCUT2D eigenvalue weighted by molar-refractivity contribution is 5.90. The van der Waals surface area contributed by atoms with Crippen molar-refractivity contribution in [2.45, 2.75) is 19.9 Å². The van der Waals surface area contributed by atoms with Crippen molar-refractivity contribution in [2.75, 3.05) is 6.61 Å². The second-order valence-electron chi connectivity index (χ2n) is 3.54. The van der Waals surface area contributed by atoms with Gasteiger partial charge in [0.05, 0.1) is 17.1 Å². The molecule has 1 unspecified atom stereocenters. The Labute approximate surface area is 98.5 Å². The molecule has 0 spiro atoms. The highest BCUT2D eigenvalue weighted by Crippen LogP contribution is 2.25. The van der Waals surface area contributed by atoms with Gasteiger partial charge < -0.3 is 10.5 Å². The Morgan fingerprint density at radius 3 is 2.71 bits per heavy atom. The number of hydrogen-bond donors (Lipinski definition) is 1. The minimum absolute atomic E-state index is 0.156. The number of carbonyl (C=O) groups is 1. The summed E-state index contributed by atoms with van der Waals surface area (Å²) in [6.45, 7) is 3.54. The molecule has 1 atom stereocenters. The molecule has 0 saturated carbocycles. The quantitative estimate of drug-likeness (QED) is 0.490. The number of nitrogens with two attached hydrogens (primary N) is 1. The number of nitrogens with zero attached hydrogens (tertiary/aromatic N) is 1. The topological polar surface area (TPSA) is 95.5 Å². The maximum Gasteiger partial charge on any atom is 0.338 e. The van der Waals surface area contributed by atoms with E-state index >= 15 is 0 Å². The fourth-order valence-electron chi connectivity index (χ4n) is 1.43. The van der Waals surface area contributed by atoms with E-state index in [-0.39, 0.29) is 17.9 Å². The Morgan fingerprint density at radius 2 is 2.24 bits per heavy atom. The lowest BCUT2D eigenvalue weighted by Crippen LogP contribution is -2.10. The summed E-state index contributed by atoms with van der Waals surface area (Å²) >= 11 is 0. The summed E-state index contributed by atoms with van der Waals surface area (Å²) in [6.07, 6.45) is 0. The molecule has 2 N–H and O–H groups in total. The average Bonchev–Trinajstić information content (AvgIpc) is 2.28. The van der Waals surface area contributed by atoms with Crippen LogP contribution in [0.15, 0.2) is 18.2 Å². The van der Waals surface area contributed by atoms with Crippen molar-refractivity contribution in [3.05, 3.63) is 39.4 Å². The predicted molar refractivity (Wildman–Crippen MR) is 61.7 cm³/mol. The molecule has 0 aliphatic heterocycles. The molecule has 6 nitrogen and oxygen atoms in total. The van der Waals surface area contributed by atoms with Gasteiger partial charge in [0.1, 0.15) is 0 Å². The molecule has 0 amide bonds. The van der Waals surface area contributed by atoms with Gasteiger partial charge in [-0.15, -0.1) is 0 Å². The molecule has 0 bridgehead atoms. The van der Waals surface area contributed by atoms with Crippen molar-refractivity contribution >= 4 is 11.7 Å². The number of ether oxygens (including phenoxy) is 1. The zero-order valence-corrected chi connectivity index (χ0v) is 9.67. The highest BCUT2D eigenvalue weighted by atomic mass is 16.6. The largest absolute Gasteiger partial charge is 0.462 e. The van der Waals surface area contributed by atoms with Crippen molar-refractivity contribution in [3.63, 3.8) is 0 Å². The van der Waals surface area contributed by atoms with Crippen LogP contribution in [-0.2, 0) is 4.74 Å². The fourth-order valence-corrected chi connectivity index (χ4v) is 1.43. The first-order valence-electron chi connectivity index (χ1n) is 5.18. The number of esters is 1. The van der Waals surface area contributed by atoms with Gasteiger partial charge in [0.15, 0.2) is 0 Å². The Balaban J connectivity index is 3.19. The Morgan fingerprint density at radius 1 is 1.59 bits per heavy atom. The van der Waals surface area contributed by atoms with Gasteiger partial charge in [-0.25, -0.2) is 4.79 Å². The number of nitro benzene ring substituents is 1. The monoisotopic (exact) mass is 238 g/mol. The fraction of sp³-hybridized carbons (Fsp3) is 0.364. The summed E-state index contributed by atoms with van der Waals surface area (Å²) in [5.74, 6) is -0.577. The van der Waals surface area contributed by atoms with Crippen LogP contribution >= 0.6 is 0 Å². The zero-order chi connectivity index (χ0) is 13.0. The number of hydrogen-bond acceptors (Lipinski definition) is 5. The van der Waals surface area contributed by atoms with Gasteiger partial charge in [-0.05, 0) is 26.0 Å². The molecule has 0 radical (unpaired) electrons. The molecule has 0 heterocycles. The molecule has 1 aromatic rings. The molecule has 1 rings (SSSR count). The SMILES string of the molecule is CCOC(=O)c1ccc(C(C)N)c([N+](=O)[O-])c1. The lowest BCUT2D eigenvalue weighted by molar-refractivity contribution is -0.385. The van der Waals surface area contributed by atoms with Gasteiger partial charge in [-0.2, -0.15) is 0 Å². The number of benzene rings is 1. The van der Waals surface area contributed by atoms with Crippen LogP contribution in [0.25, 0.3) is 0 Å². The van der Waals surface area contributed by atoms with E-state index in [1.807, 2.05) is 0 Å². The molecule has 0 aliphatic carbocycles. The van der Waals surface area contributed by atoms with E-state index in [4.69, 9.17) is 10.5 Å².